The van der Waals surface area contributed by atoms with Gasteiger partial charge in [-0.15, -0.1) is 0 Å². The molecule has 0 spiro atoms. The van der Waals surface area contributed by atoms with E-state index < -0.39 is 5.60 Å². The van der Waals surface area contributed by atoms with Crippen LogP contribution in [0.3, 0.4) is 0 Å². The molecule has 0 radical (unpaired) electrons. The molecule has 2 atom stereocenters. The van der Waals surface area contributed by atoms with Crippen molar-refractivity contribution in [3.63, 3.8) is 0 Å². The monoisotopic (exact) mass is 286 g/mol. The lowest BCUT2D eigenvalue weighted by Crippen LogP contribution is -2.43. The van der Waals surface area contributed by atoms with Gasteiger partial charge < -0.3 is 5.11 Å². The molecular weight excluding hydrogens is 264 g/mol. The molecule has 2 aromatic rings. The molecule has 5 nitrogen and oxygen atoms in total. The molecule has 2 heterocycles. The summed E-state index contributed by atoms with van der Waals surface area (Å²) in [6.07, 6.45) is 5.64. The second-order valence-electron chi connectivity index (χ2n) is 6.02. The number of aliphatic hydroxyl groups is 1. The largest absolute Gasteiger partial charge is 0.384 e. The fraction of sp³-hybridized carbons (Fsp3) is 0.500. The van der Waals surface area contributed by atoms with Crippen LogP contribution in [0.2, 0.25) is 0 Å². The number of benzene rings is 1. The zero-order valence-electron chi connectivity index (χ0n) is 12.4. The van der Waals surface area contributed by atoms with Crippen LogP contribution in [0.5, 0.6) is 0 Å². The van der Waals surface area contributed by atoms with E-state index in [1.807, 2.05) is 41.9 Å². The molecule has 0 unspecified atom stereocenters. The minimum Gasteiger partial charge on any atom is -0.384 e. The summed E-state index contributed by atoms with van der Waals surface area (Å²) in [4.78, 5) is 6.37. The average molecular weight is 286 g/mol. The molecule has 21 heavy (non-hydrogen) atoms. The molecule has 1 saturated heterocycles. The lowest BCUT2D eigenvalue weighted by Gasteiger charge is -2.33. The van der Waals surface area contributed by atoms with Crippen molar-refractivity contribution < 1.29 is 5.11 Å². The average Bonchev–Trinajstić information content (AvgIpc) is 3.13. The van der Waals surface area contributed by atoms with Gasteiger partial charge in [0.05, 0.1) is 12.1 Å². The van der Waals surface area contributed by atoms with Crippen LogP contribution < -0.4 is 0 Å². The topological polar surface area (TPSA) is 54.2 Å². The Labute approximate surface area is 125 Å². The number of hydrogen-bond donors (Lipinski definition) is 1. The van der Waals surface area contributed by atoms with Crippen molar-refractivity contribution in [1.82, 2.24) is 19.7 Å². The molecule has 1 N–H and O–H groups in total. The van der Waals surface area contributed by atoms with E-state index in [2.05, 4.69) is 15.0 Å². The zero-order valence-corrected chi connectivity index (χ0v) is 12.4. The van der Waals surface area contributed by atoms with Crippen LogP contribution in [0.25, 0.3) is 0 Å². The van der Waals surface area contributed by atoms with Crippen LogP contribution in [0.4, 0.5) is 0 Å². The third-order valence-corrected chi connectivity index (χ3v) is 4.27. The first-order chi connectivity index (χ1) is 10.1. The quantitative estimate of drug-likeness (QED) is 0.908. The number of rotatable bonds is 5. The fourth-order valence-corrected chi connectivity index (χ4v) is 3.14. The van der Waals surface area contributed by atoms with E-state index in [-0.39, 0.29) is 0 Å². The van der Waals surface area contributed by atoms with Crippen molar-refractivity contribution >= 4 is 0 Å². The standard InChI is InChI=1S/C16H22N4O/c1-16(21,14-6-3-2-4-7-14)11-19-9-5-8-15(19)10-20-13-17-12-18-20/h2-4,6-7,12-13,15,21H,5,8-11H2,1H3/t15-,16-/m1/s1. The maximum absolute atomic E-state index is 10.8. The molecule has 1 fully saturated rings. The van der Waals surface area contributed by atoms with E-state index in [1.54, 1.807) is 12.7 Å². The molecule has 3 rings (SSSR count). The van der Waals surface area contributed by atoms with Gasteiger partial charge in [0.2, 0.25) is 0 Å². The van der Waals surface area contributed by atoms with Crippen molar-refractivity contribution in [2.75, 3.05) is 13.1 Å². The van der Waals surface area contributed by atoms with Gasteiger partial charge >= 0.3 is 0 Å². The Morgan fingerprint density at radius 3 is 2.86 bits per heavy atom. The van der Waals surface area contributed by atoms with E-state index in [4.69, 9.17) is 0 Å². The molecule has 0 aliphatic carbocycles. The highest BCUT2D eigenvalue weighted by atomic mass is 16.3. The van der Waals surface area contributed by atoms with Crippen LogP contribution >= 0.6 is 0 Å². The van der Waals surface area contributed by atoms with Gasteiger partial charge in [0.25, 0.3) is 0 Å². The van der Waals surface area contributed by atoms with Crippen LogP contribution in [0, 0.1) is 0 Å². The zero-order chi connectivity index (χ0) is 14.7. The molecule has 1 aliphatic rings. The molecule has 1 aliphatic heterocycles. The predicted molar refractivity (Wildman–Crippen MR) is 80.6 cm³/mol. The number of β-amino-alcohol motifs (C(OH)–C–C–N with tert-alkyl or cyclic N) is 1. The fourth-order valence-electron chi connectivity index (χ4n) is 3.14. The Hall–Kier alpha value is -1.72. The van der Waals surface area contributed by atoms with Crippen molar-refractivity contribution in [3.05, 3.63) is 48.5 Å². The number of nitrogens with zero attached hydrogens (tertiary/aromatic N) is 4. The Morgan fingerprint density at radius 1 is 1.33 bits per heavy atom. The number of hydrogen-bond acceptors (Lipinski definition) is 4. The molecule has 0 amide bonds. The summed E-state index contributed by atoms with van der Waals surface area (Å²) in [5, 5.41) is 15.0. The molecule has 0 bridgehead atoms. The van der Waals surface area contributed by atoms with Crippen molar-refractivity contribution in [3.8, 4) is 0 Å². The lowest BCUT2D eigenvalue weighted by molar-refractivity contribution is 0.00965. The van der Waals surface area contributed by atoms with Gasteiger partial charge in [0.1, 0.15) is 12.7 Å². The van der Waals surface area contributed by atoms with Gasteiger partial charge in [0.15, 0.2) is 0 Å². The minimum atomic E-state index is -0.827. The molecular formula is C16H22N4O. The van der Waals surface area contributed by atoms with E-state index >= 15 is 0 Å². The Kier molecular flexibility index (Phi) is 4.03. The summed E-state index contributed by atoms with van der Waals surface area (Å²) in [7, 11) is 0. The maximum Gasteiger partial charge on any atom is 0.137 e. The van der Waals surface area contributed by atoms with Gasteiger partial charge in [-0.25, -0.2) is 4.98 Å². The number of likely N-dealkylation sites (tertiary alicyclic amines) is 1. The van der Waals surface area contributed by atoms with Crippen molar-refractivity contribution in [1.29, 1.82) is 0 Å². The molecule has 112 valence electrons. The summed E-state index contributed by atoms with van der Waals surface area (Å²) >= 11 is 0. The SMILES string of the molecule is C[C@@](O)(CN1CCC[C@@H]1Cn1cncn1)c1ccccc1. The second kappa shape index (κ2) is 5.95. The van der Waals surface area contributed by atoms with Gasteiger partial charge in [0, 0.05) is 12.6 Å². The first-order valence-electron chi connectivity index (χ1n) is 7.49. The van der Waals surface area contributed by atoms with Gasteiger partial charge in [-0.1, -0.05) is 30.3 Å². The summed E-state index contributed by atoms with van der Waals surface area (Å²) in [5.74, 6) is 0. The van der Waals surface area contributed by atoms with Crippen LogP contribution in [-0.2, 0) is 12.1 Å². The second-order valence-corrected chi connectivity index (χ2v) is 6.02. The van der Waals surface area contributed by atoms with Crippen LogP contribution in [0.1, 0.15) is 25.3 Å². The van der Waals surface area contributed by atoms with E-state index in [9.17, 15) is 5.11 Å². The van der Waals surface area contributed by atoms with E-state index in [1.165, 1.54) is 6.42 Å². The third kappa shape index (κ3) is 3.31. The predicted octanol–water partition coefficient (Wildman–Crippen LogP) is 1.65. The molecule has 1 aromatic carbocycles. The van der Waals surface area contributed by atoms with Gasteiger partial charge in [-0.2, -0.15) is 5.10 Å². The third-order valence-electron chi connectivity index (χ3n) is 4.27. The minimum absolute atomic E-state index is 0.418. The first-order valence-corrected chi connectivity index (χ1v) is 7.49. The molecule has 1 aromatic heterocycles. The van der Waals surface area contributed by atoms with Crippen LogP contribution in [-0.4, -0.2) is 43.9 Å². The Morgan fingerprint density at radius 2 is 2.14 bits per heavy atom. The normalized spacial score (nSPS) is 22.3. The first kappa shape index (κ1) is 14.2. The lowest BCUT2D eigenvalue weighted by atomic mass is 9.95. The summed E-state index contributed by atoms with van der Waals surface area (Å²) in [6, 6.07) is 10.3. The van der Waals surface area contributed by atoms with Gasteiger partial charge in [-0.05, 0) is 31.9 Å². The highest BCUT2D eigenvalue weighted by Gasteiger charge is 2.32. The van der Waals surface area contributed by atoms with Crippen LogP contribution in [0.15, 0.2) is 43.0 Å². The Balaban J connectivity index is 1.68. The van der Waals surface area contributed by atoms with E-state index in [0.29, 0.717) is 12.6 Å². The van der Waals surface area contributed by atoms with Gasteiger partial charge in [-0.3, -0.25) is 9.58 Å². The maximum atomic E-state index is 10.8. The highest BCUT2D eigenvalue weighted by molar-refractivity contribution is 5.22. The molecule has 0 saturated carbocycles. The van der Waals surface area contributed by atoms with Crippen molar-refractivity contribution in [2.24, 2.45) is 0 Å². The number of aromatic nitrogens is 3. The summed E-state index contributed by atoms with van der Waals surface area (Å²) in [5.41, 5.74) is 0.142. The summed E-state index contributed by atoms with van der Waals surface area (Å²) < 4.78 is 1.88. The highest BCUT2D eigenvalue weighted by Crippen LogP contribution is 2.26. The molecule has 5 heteroatoms. The smallest absolute Gasteiger partial charge is 0.137 e. The summed E-state index contributed by atoms with van der Waals surface area (Å²) in [6.45, 7) is 4.41. The van der Waals surface area contributed by atoms with Crippen molar-refractivity contribution in [2.45, 2.75) is 38.0 Å². The Bertz CT molecular complexity index is 553. The van der Waals surface area contributed by atoms with E-state index in [0.717, 1.165) is 25.1 Å².